The van der Waals surface area contributed by atoms with Crippen LogP contribution in [0.2, 0.25) is 0 Å². The number of ether oxygens (including phenoxy) is 3. The first-order valence-corrected chi connectivity index (χ1v) is 9.35. The molecule has 9 N–H and O–H groups in total. The maximum Gasteiger partial charge on any atom is 0.469 e. The molecule has 0 aromatic carbocycles. The lowest BCUT2D eigenvalue weighted by Gasteiger charge is -2.44. The summed E-state index contributed by atoms with van der Waals surface area (Å²) in [5, 5.41) is 68.1. The van der Waals surface area contributed by atoms with E-state index < -0.39 is 82.4 Å². The molecular weight excluding hydrogens is 399 g/mol. The molecular formula is C12H23O14P. The molecule has 0 amide bonds. The second-order valence-electron chi connectivity index (χ2n) is 6.13. The van der Waals surface area contributed by atoms with E-state index in [9.17, 15) is 35.2 Å². The van der Waals surface area contributed by atoms with Crippen molar-refractivity contribution < 1.29 is 68.8 Å². The van der Waals surface area contributed by atoms with Gasteiger partial charge in [0.05, 0.1) is 13.2 Å². The van der Waals surface area contributed by atoms with E-state index in [1.165, 1.54) is 0 Å². The van der Waals surface area contributed by atoms with E-state index in [2.05, 4.69) is 4.52 Å². The van der Waals surface area contributed by atoms with Gasteiger partial charge in [-0.05, 0) is 0 Å². The lowest BCUT2D eigenvalue weighted by molar-refractivity contribution is -0.376. The predicted octanol–water partition coefficient (Wildman–Crippen LogP) is -5.28. The summed E-state index contributed by atoms with van der Waals surface area (Å²) in [6.07, 6.45) is -17.1. The van der Waals surface area contributed by atoms with Gasteiger partial charge in [-0.2, -0.15) is 0 Å². The Morgan fingerprint density at radius 3 is 1.63 bits per heavy atom. The summed E-state index contributed by atoms with van der Waals surface area (Å²) in [7, 11) is -4.92. The van der Waals surface area contributed by atoms with Crippen molar-refractivity contribution in [1.82, 2.24) is 0 Å². The van der Waals surface area contributed by atoms with Crippen molar-refractivity contribution in [2.45, 2.75) is 61.4 Å². The SMILES string of the molecule is O=P(O)(O)OC[C@H]1O[C@@H](OC2O[C@H](CO)[C@H](O)[C@H](O)[C@H]2O)[C@H](O)[C@@H](O)[C@H]1O. The third-order valence-corrected chi connectivity index (χ3v) is 4.68. The quantitative estimate of drug-likeness (QED) is 0.182. The lowest BCUT2D eigenvalue weighted by Crippen LogP contribution is -2.63. The number of hydrogen-bond donors (Lipinski definition) is 9. The third kappa shape index (κ3) is 5.41. The molecule has 2 aliphatic rings. The summed E-state index contributed by atoms with van der Waals surface area (Å²) < 4.78 is 30.3. The Kier molecular flexibility index (Phi) is 7.68. The van der Waals surface area contributed by atoms with E-state index >= 15 is 0 Å². The Bertz CT molecular complexity index is 526. The Hall–Kier alpha value is -0.290. The first-order chi connectivity index (χ1) is 12.5. The van der Waals surface area contributed by atoms with Crippen LogP contribution >= 0.6 is 7.82 Å². The van der Waals surface area contributed by atoms with Crippen LogP contribution in [0.4, 0.5) is 0 Å². The van der Waals surface area contributed by atoms with Crippen molar-refractivity contribution in [3.63, 3.8) is 0 Å². The van der Waals surface area contributed by atoms with E-state index in [0.29, 0.717) is 0 Å². The van der Waals surface area contributed by atoms with E-state index in [1.54, 1.807) is 0 Å². The van der Waals surface area contributed by atoms with Gasteiger partial charge >= 0.3 is 7.82 Å². The number of hydrogen-bond acceptors (Lipinski definition) is 12. The van der Waals surface area contributed by atoms with Crippen molar-refractivity contribution in [1.29, 1.82) is 0 Å². The largest absolute Gasteiger partial charge is 0.469 e. The smallest absolute Gasteiger partial charge is 0.394 e. The van der Waals surface area contributed by atoms with Gasteiger partial charge in [0.25, 0.3) is 0 Å². The van der Waals surface area contributed by atoms with Gasteiger partial charge in [-0.1, -0.05) is 0 Å². The van der Waals surface area contributed by atoms with Crippen LogP contribution in [0.3, 0.4) is 0 Å². The van der Waals surface area contributed by atoms with Gasteiger partial charge < -0.3 is 59.7 Å². The predicted molar refractivity (Wildman–Crippen MR) is 79.5 cm³/mol. The highest BCUT2D eigenvalue weighted by molar-refractivity contribution is 7.46. The minimum Gasteiger partial charge on any atom is -0.394 e. The van der Waals surface area contributed by atoms with Crippen molar-refractivity contribution in [3.8, 4) is 0 Å². The van der Waals surface area contributed by atoms with Crippen LogP contribution in [0, 0.1) is 0 Å². The molecule has 0 aromatic rings. The van der Waals surface area contributed by atoms with Crippen molar-refractivity contribution in [2.24, 2.45) is 0 Å². The first-order valence-electron chi connectivity index (χ1n) is 7.82. The molecule has 2 saturated heterocycles. The monoisotopic (exact) mass is 422 g/mol. The lowest BCUT2D eigenvalue weighted by atomic mass is 9.98. The molecule has 27 heavy (non-hydrogen) atoms. The number of phosphoric ester groups is 1. The highest BCUT2D eigenvalue weighted by atomic mass is 31.2. The van der Waals surface area contributed by atoms with E-state index in [1.807, 2.05) is 0 Å². The molecule has 0 aromatic heterocycles. The molecule has 0 spiro atoms. The molecule has 0 radical (unpaired) electrons. The average Bonchev–Trinajstić information content (AvgIpc) is 2.60. The second-order valence-corrected chi connectivity index (χ2v) is 7.37. The van der Waals surface area contributed by atoms with E-state index in [-0.39, 0.29) is 0 Å². The molecule has 2 aliphatic heterocycles. The standard InChI is InChI=1S/C12H23O14P/c13-1-3-5(14)7(16)9(18)11(24-3)26-12-10(19)8(17)6(15)4(25-12)2-23-27(20,21)22/h3-19H,1-2H2,(H2,20,21,22)/t3-,4-,5+,6+,7+,8+,9-,10-,11?,12+/m1/s1. The maximum atomic E-state index is 10.8. The molecule has 15 heteroatoms. The van der Waals surface area contributed by atoms with Gasteiger partial charge in [0.1, 0.15) is 48.8 Å². The third-order valence-electron chi connectivity index (χ3n) is 4.19. The number of aliphatic hydroxyl groups excluding tert-OH is 7. The number of phosphoric acid groups is 1. The zero-order chi connectivity index (χ0) is 20.5. The van der Waals surface area contributed by atoms with Crippen molar-refractivity contribution >= 4 is 7.82 Å². The molecule has 14 nitrogen and oxygen atoms in total. The summed E-state index contributed by atoms with van der Waals surface area (Å²) in [4.78, 5) is 17.4. The van der Waals surface area contributed by atoms with Gasteiger partial charge in [0.2, 0.25) is 0 Å². The van der Waals surface area contributed by atoms with Crippen LogP contribution in [0.1, 0.15) is 0 Å². The summed E-state index contributed by atoms with van der Waals surface area (Å²) in [5.74, 6) is 0. The molecule has 1 unspecified atom stereocenters. The minimum atomic E-state index is -4.92. The Morgan fingerprint density at radius 1 is 0.741 bits per heavy atom. The fourth-order valence-corrected chi connectivity index (χ4v) is 2.99. The molecule has 160 valence electrons. The summed E-state index contributed by atoms with van der Waals surface area (Å²) in [6, 6.07) is 0. The van der Waals surface area contributed by atoms with Crippen LogP contribution in [0.25, 0.3) is 0 Å². The maximum absolute atomic E-state index is 10.8. The fourth-order valence-electron chi connectivity index (χ4n) is 2.65. The van der Waals surface area contributed by atoms with Gasteiger partial charge in [-0.15, -0.1) is 0 Å². The van der Waals surface area contributed by atoms with Crippen molar-refractivity contribution in [3.05, 3.63) is 0 Å². The van der Waals surface area contributed by atoms with Crippen molar-refractivity contribution in [2.75, 3.05) is 13.2 Å². The fraction of sp³-hybridized carbons (Fsp3) is 1.00. The summed E-state index contributed by atoms with van der Waals surface area (Å²) in [6.45, 7) is -1.61. The van der Waals surface area contributed by atoms with Crippen LogP contribution in [-0.2, 0) is 23.3 Å². The number of rotatable bonds is 6. The van der Waals surface area contributed by atoms with Crippen LogP contribution in [0.15, 0.2) is 0 Å². The Morgan fingerprint density at radius 2 is 1.19 bits per heavy atom. The topological polar surface area (TPSA) is 236 Å². The van der Waals surface area contributed by atoms with Gasteiger partial charge in [-0.3, -0.25) is 4.52 Å². The average molecular weight is 422 g/mol. The zero-order valence-corrected chi connectivity index (χ0v) is 14.6. The second kappa shape index (κ2) is 9.02. The first kappa shape index (κ1) is 23.0. The van der Waals surface area contributed by atoms with Gasteiger partial charge in [0.15, 0.2) is 12.6 Å². The highest BCUT2D eigenvalue weighted by Gasteiger charge is 2.49. The molecule has 2 heterocycles. The van der Waals surface area contributed by atoms with Crippen LogP contribution < -0.4 is 0 Å². The summed E-state index contributed by atoms with van der Waals surface area (Å²) in [5.41, 5.74) is 0. The normalized spacial score (nSPS) is 46.4. The molecule has 0 saturated carbocycles. The van der Waals surface area contributed by atoms with Gasteiger partial charge in [0, 0.05) is 0 Å². The Balaban J connectivity index is 2.08. The molecule has 10 atom stereocenters. The molecule has 0 aliphatic carbocycles. The van der Waals surface area contributed by atoms with Gasteiger partial charge in [-0.25, -0.2) is 4.57 Å². The number of aliphatic hydroxyl groups is 7. The summed E-state index contributed by atoms with van der Waals surface area (Å²) >= 11 is 0. The Labute approximate surface area is 152 Å². The molecule has 0 bridgehead atoms. The van der Waals surface area contributed by atoms with E-state index in [0.717, 1.165) is 0 Å². The van der Waals surface area contributed by atoms with Crippen LogP contribution in [-0.4, -0.2) is 120 Å². The molecule has 2 fully saturated rings. The highest BCUT2D eigenvalue weighted by Crippen LogP contribution is 2.37. The molecule has 2 rings (SSSR count). The minimum absolute atomic E-state index is 0.737. The van der Waals surface area contributed by atoms with E-state index in [4.69, 9.17) is 29.1 Å². The zero-order valence-electron chi connectivity index (χ0n) is 13.7. The van der Waals surface area contributed by atoms with Crippen LogP contribution in [0.5, 0.6) is 0 Å².